The molecule has 0 radical (unpaired) electrons. The number of allylic oxidation sites excluding steroid dienone is 4. The van der Waals surface area contributed by atoms with Crippen LogP contribution in [0.15, 0.2) is 61.2 Å². The molecule has 1 aromatic rings. The van der Waals surface area contributed by atoms with Crippen molar-refractivity contribution >= 4 is 17.8 Å². The first-order valence-corrected chi connectivity index (χ1v) is 11.5. The third-order valence-electron chi connectivity index (χ3n) is 4.17. The van der Waals surface area contributed by atoms with Crippen LogP contribution in [0.5, 0.6) is 0 Å². The van der Waals surface area contributed by atoms with Crippen LogP contribution in [0, 0.1) is 5.92 Å². The molecule has 0 spiro atoms. The number of aromatic nitrogens is 1. The molecule has 1 atom stereocenters. The molecule has 1 heterocycles. The van der Waals surface area contributed by atoms with Crippen LogP contribution in [-0.4, -0.2) is 36.0 Å². The fourth-order valence-corrected chi connectivity index (χ4v) is 3.28. The van der Waals surface area contributed by atoms with Crippen molar-refractivity contribution in [3.8, 4) is 0 Å². The molecule has 0 N–H and O–H groups in total. The number of hydrogen-bond donors (Lipinski definition) is 0. The van der Waals surface area contributed by atoms with Crippen molar-refractivity contribution in [3.63, 3.8) is 0 Å². The molecule has 164 valence electrons. The minimum Gasteiger partial charge on any atom is -0.494 e. The lowest BCUT2D eigenvalue weighted by Gasteiger charge is -2.27. The zero-order valence-corrected chi connectivity index (χ0v) is 20.1. The smallest absolute Gasteiger partial charge is 0.118 e. The van der Waals surface area contributed by atoms with Crippen molar-refractivity contribution in [2.45, 2.75) is 53.9 Å². The molecule has 0 bridgehead atoms. The van der Waals surface area contributed by atoms with Gasteiger partial charge in [0.1, 0.15) is 5.76 Å². The lowest BCUT2D eigenvalue weighted by atomic mass is 10.0. The van der Waals surface area contributed by atoms with Gasteiger partial charge in [-0.3, -0.25) is 4.98 Å². The Balaban J connectivity index is 0.00000379. The van der Waals surface area contributed by atoms with Gasteiger partial charge in [0.15, 0.2) is 0 Å². The lowest BCUT2D eigenvalue weighted by molar-refractivity contribution is 0.199. The fourth-order valence-electron chi connectivity index (χ4n) is 2.42. The second-order valence-corrected chi connectivity index (χ2v) is 7.68. The molecule has 0 aliphatic rings. The van der Waals surface area contributed by atoms with Crippen LogP contribution in [0.2, 0.25) is 0 Å². The zero-order valence-electron chi connectivity index (χ0n) is 19.3. The molecule has 5 heteroatoms. The van der Waals surface area contributed by atoms with Gasteiger partial charge >= 0.3 is 0 Å². The molecular weight excluding hydrogens is 378 g/mol. The highest BCUT2D eigenvalue weighted by Crippen LogP contribution is 2.23. The Kier molecular flexibility index (Phi) is 17.2. The van der Waals surface area contributed by atoms with Gasteiger partial charge < -0.3 is 9.04 Å². The Morgan fingerprint density at radius 2 is 1.93 bits per heavy atom. The van der Waals surface area contributed by atoms with Gasteiger partial charge in [0, 0.05) is 44.7 Å². The van der Waals surface area contributed by atoms with E-state index in [4.69, 9.17) is 4.74 Å². The van der Waals surface area contributed by atoms with Gasteiger partial charge in [-0.15, -0.1) is 0 Å². The number of rotatable bonds is 14. The van der Waals surface area contributed by atoms with Gasteiger partial charge in [0.25, 0.3) is 0 Å². The van der Waals surface area contributed by atoms with Gasteiger partial charge in [0.05, 0.1) is 12.3 Å². The van der Waals surface area contributed by atoms with Gasteiger partial charge in [0.2, 0.25) is 0 Å². The van der Waals surface area contributed by atoms with Crippen molar-refractivity contribution in [2.24, 2.45) is 5.92 Å². The number of ether oxygens (including phenoxy) is 1. The number of nitrogens with zero attached hydrogens (tertiary/aromatic N) is 3. The topological polar surface area (TPSA) is 28.6 Å². The third-order valence-corrected chi connectivity index (χ3v) is 5.30. The summed E-state index contributed by atoms with van der Waals surface area (Å²) in [4.78, 5) is 4.08. The Morgan fingerprint density at radius 3 is 2.52 bits per heavy atom. The SMILES string of the molecule is C=C/C=C(\C=C/CC)OCCC(C)CCN(CC)SN(C)c1ccncc1.CC. The van der Waals surface area contributed by atoms with E-state index in [0.717, 1.165) is 50.4 Å². The number of hydrogen-bond acceptors (Lipinski definition) is 5. The molecule has 1 unspecified atom stereocenters. The highest BCUT2D eigenvalue weighted by molar-refractivity contribution is 7.98. The standard InChI is InChI=1S/C22H35N3OS.C2H6/c1-6-9-11-22(10-7-2)26-19-15-20(4)14-18-25(8-3)27-24(5)21-12-16-23-17-13-21;1-2/h7,9-13,16-17,20H,2,6,8,14-15,18-19H2,1,3-5H3;1-2H3/b11-9-,22-10+;. The first kappa shape index (κ1) is 27.3. The Labute approximate surface area is 184 Å². The molecule has 1 rings (SSSR count). The summed E-state index contributed by atoms with van der Waals surface area (Å²) in [6.45, 7) is 17.2. The van der Waals surface area contributed by atoms with Crippen LogP contribution in [-0.2, 0) is 4.74 Å². The normalized spacial score (nSPS) is 12.4. The van der Waals surface area contributed by atoms with Crippen LogP contribution in [0.25, 0.3) is 0 Å². The Morgan fingerprint density at radius 1 is 1.24 bits per heavy atom. The Hall–Kier alpha value is -1.72. The van der Waals surface area contributed by atoms with E-state index in [-0.39, 0.29) is 0 Å². The van der Waals surface area contributed by atoms with E-state index in [0.29, 0.717) is 5.92 Å². The molecule has 0 aromatic carbocycles. The van der Waals surface area contributed by atoms with E-state index in [9.17, 15) is 0 Å². The summed E-state index contributed by atoms with van der Waals surface area (Å²) >= 11 is 1.76. The first-order valence-electron chi connectivity index (χ1n) is 10.8. The Bertz CT molecular complexity index is 575. The van der Waals surface area contributed by atoms with E-state index >= 15 is 0 Å². The summed E-state index contributed by atoms with van der Waals surface area (Å²) in [5, 5.41) is 0. The van der Waals surface area contributed by atoms with E-state index in [2.05, 4.69) is 54.1 Å². The summed E-state index contributed by atoms with van der Waals surface area (Å²) in [6, 6.07) is 4.06. The molecule has 1 aromatic heterocycles. The van der Waals surface area contributed by atoms with E-state index in [1.54, 1.807) is 18.2 Å². The number of anilines is 1. The van der Waals surface area contributed by atoms with Crippen LogP contribution >= 0.6 is 12.1 Å². The monoisotopic (exact) mass is 419 g/mol. The largest absolute Gasteiger partial charge is 0.494 e. The van der Waals surface area contributed by atoms with E-state index < -0.39 is 0 Å². The maximum Gasteiger partial charge on any atom is 0.118 e. The second kappa shape index (κ2) is 18.3. The molecule has 4 nitrogen and oxygen atoms in total. The first-order chi connectivity index (χ1) is 14.1. The minimum absolute atomic E-state index is 0.617. The molecule has 0 aliphatic heterocycles. The minimum atomic E-state index is 0.617. The lowest BCUT2D eigenvalue weighted by Crippen LogP contribution is -2.24. The summed E-state index contributed by atoms with van der Waals surface area (Å²) in [6.07, 6.45) is 14.7. The highest BCUT2D eigenvalue weighted by Gasteiger charge is 2.11. The number of pyridine rings is 1. The molecular formula is C24H41N3OS. The van der Waals surface area contributed by atoms with Crippen LogP contribution in [0.1, 0.15) is 53.9 Å². The van der Waals surface area contributed by atoms with Crippen molar-refractivity contribution < 1.29 is 4.74 Å². The van der Waals surface area contributed by atoms with Crippen molar-refractivity contribution in [2.75, 3.05) is 31.0 Å². The average Bonchev–Trinajstić information content (AvgIpc) is 2.76. The van der Waals surface area contributed by atoms with Gasteiger partial charge in [-0.25, -0.2) is 4.31 Å². The van der Waals surface area contributed by atoms with Crippen LogP contribution < -0.4 is 4.31 Å². The highest BCUT2D eigenvalue weighted by atomic mass is 32.2. The summed E-state index contributed by atoms with van der Waals surface area (Å²) < 4.78 is 10.5. The molecule has 0 saturated heterocycles. The van der Waals surface area contributed by atoms with Gasteiger partial charge in [-0.2, -0.15) is 0 Å². The fraction of sp³-hybridized carbons (Fsp3) is 0.542. The molecule has 0 aliphatic carbocycles. The average molecular weight is 420 g/mol. The van der Waals surface area contributed by atoms with Crippen molar-refractivity contribution in [3.05, 3.63) is 61.2 Å². The maximum atomic E-state index is 5.88. The molecule has 0 saturated carbocycles. The maximum absolute atomic E-state index is 5.88. The summed E-state index contributed by atoms with van der Waals surface area (Å²) in [5.74, 6) is 1.51. The summed E-state index contributed by atoms with van der Waals surface area (Å²) in [5.41, 5.74) is 1.16. The quantitative estimate of drug-likeness (QED) is 0.186. The molecule has 0 fully saturated rings. The van der Waals surface area contributed by atoms with Gasteiger partial charge in [-0.1, -0.05) is 53.3 Å². The van der Waals surface area contributed by atoms with Crippen molar-refractivity contribution in [1.29, 1.82) is 0 Å². The molecule has 29 heavy (non-hydrogen) atoms. The van der Waals surface area contributed by atoms with Crippen molar-refractivity contribution in [1.82, 2.24) is 9.29 Å². The molecule has 0 amide bonds. The van der Waals surface area contributed by atoms with E-state index in [1.807, 2.05) is 50.5 Å². The second-order valence-electron chi connectivity index (χ2n) is 6.45. The van der Waals surface area contributed by atoms with Crippen LogP contribution in [0.3, 0.4) is 0 Å². The van der Waals surface area contributed by atoms with E-state index in [1.165, 1.54) is 0 Å². The third kappa shape index (κ3) is 13.2. The zero-order chi connectivity index (χ0) is 21.9. The van der Waals surface area contributed by atoms with Crippen LogP contribution in [0.4, 0.5) is 5.69 Å². The predicted octanol–water partition coefficient (Wildman–Crippen LogP) is 6.90. The predicted molar refractivity (Wildman–Crippen MR) is 131 cm³/mol. The summed E-state index contributed by atoms with van der Waals surface area (Å²) in [7, 11) is 2.09. The van der Waals surface area contributed by atoms with Gasteiger partial charge in [-0.05, 0) is 49.5 Å².